The molecule has 0 aliphatic rings. The SMILES string of the molecule is CCCCC/C=C\C/C=C\C/C=C\C/C=C\C/C=C\CCC(=O)OC[C@H](COC(=O)CCC/C=C\C/C=C\C/C=C\CCCCCCCC)OC(=O)CCCCCCCCCCCCC/C=C\CCCCCCCC. The normalized spacial score (nSPS) is 12.8. The van der Waals surface area contributed by atoms with E-state index in [4.69, 9.17) is 14.2 Å². The van der Waals surface area contributed by atoms with E-state index in [9.17, 15) is 14.4 Å². The summed E-state index contributed by atoms with van der Waals surface area (Å²) in [5.41, 5.74) is 0. The van der Waals surface area contributed by atoms with Gasteiger partial charge in [0, 0.05) is 19.3 Å². The van der Waals surface area contributed by atoms with Crippen LogP contribution >= 0.6 is 0 Å². The lowest BCUT2D eigenvalue weighted by atomic mass is 10.0. The first-order valence-corrected chi connectivity index (χ1v) is 31.4. The second-order valence-electron chi connectivity index (χ2n) is 20.6. The molecule has 0 aromatic heterocycles. The molecule has 0 saturated carbocycles. The zero-order valence-corrected chi connectivity index (χ0v) is 49.0. The smallest absolute Gasteiger partial charge is 0.306 e. The first kappa shape index (κ1) is 71.1. The summed E-state index contributed by atoms with van der Waals surface area (Å²) in [7, 11) is 0. The average Bonchev–Trinajstić information content (AvgIpc) is 3.41. The Kier molecular flexibility index (Phi) is 59.3. The van der Waals surface area contributed by atoms with Crippen LogP contribution in [0.3, 0.4) is 0 Å². The fourth-order valence-corrected chi connectivity index (χ4v) is 8.50. The number of carbonyl (C=O) groups is 3. The maximum atomic E-state index is 12.9. The number of carbonyl (C=O) groups excluding carboxylic acids is 3. The van der Waals surface area contributed by atoms with E-state index in [2.05, 4.69) is 124 Å². The van der Waals surface area contributed by atoms with E-state index in [1.165, 1.54) is 173 Å². The summed E-state index contributed by atoms with van der Waals surface area (Å²) in [6, 6.07) is 0. The maximum absolute atomic E-state index is 12.9. The molecular formula is C69H116O6. The van der Waals surface area contributed by atoms with Gasteiger partial charge in [-0.3, -0.25) is 14.4 Å². The molecule has 0 aromatic rings. The second kappa shape index (κ2) is 62.6. The van der Waals surface area contributed by atoms with Crippen LogP contribution in [0.4, 0.5) is 0 Å². The molecule has 0 aliphatic heterocycles. The first-order valence-electron chi connectivity index (χ1n) is 31.4. The topological polar surface area (TPSA) is 78.9 Å². The van der Waals surface area contributed by atoms with Gasteiger partial charge in [0.25, 0.3) is 0 Å². The molecule has 0 saturated heterocycles. The molecule has 0 spiro atoms. The van der Waals surface area contributed by atoms with Gasteiger partial charge >= 0.3 is 17.9 Å². The monoisotopic (exact) mass is 1040 g/mol. The van der Waals surface area contributed by atoms with Gasteiger partial charge in [0.2, 0.25) is 0 Å². The van der Waals surface area contributed by atoms with Crippen molar-refractivity contribution in [1.82, 2.24) is 0 Å². The maximum Gasteiger partial charge on any atom is 0.306 e. The molecule has 6 heteroatoms. The highest BCUT2D eigenvalue weighted by atomic mass is 16.6. The van der Waals surface area contributed by atoms with Crippen molar-refractivity contribution < 1.29 is 28.6 Å². The van der Waals surface area contributed by atoms with Crippen molar-refractivity contribution in [3.63, 3.8) is 0 Å². The predicted molar refractivity (Wildman–Crippen MR) is 325 cm³/mol. The van der Waals surface area contributed by atoms with Gasteiger partial charge in [-0.25, -0.2) is 0 Å². The Hall–Kier alpha value is -3.93. The van der Waals surface area contributed by atoms with Crippen molar-refractivity contribution in [2.75, 3.05) is 13.2 Å². The average molecular weight is 1040 g/mol. The molecule has 0 radical (unpaired) electrons. The number of rotatable bonds is 56. The first-order chi connectivity index (χ1) is 37.0. The summed E-state index contributed by atoms with van der Waals surface area (Å²) in [6.45, 7) is 6.51. The molecule has 0 aromatic carbocycles. The highest BCUT2D eigenvalue weighted by molar-refractivity contribution is 5.71. The van der Waals surface area contributed by atoms with E-state index in [-0.39, 0.29) is 44.0 Å². The van der Waals surface area contributed by atoms with Crippen molar-refractivity contribution in [2.45, 2.75) is 297 Å². The number of hydrogen-bond donors (Lipinski definition) is 0. The van der Waals surface area contributed by atoms with Gasteiger partial charge in [-0.05, 0) is 116 Å². The zero-order valence-electron chi connectivity index (χ0n) is 49.0. The molecule has 0 aliphatic carbocycles. The van der Waals surface area contributed by atoms with Gasteiger partial charge in [-0.1, -0.05) is 265 Å². The summed E-state index contributed by atoms with van der Waals surface area (Å²) in [5.74, 6) is -1.05. The Morgan fingerprint density at radius 2 is 0.520 bits per heavy atom. The molecule has 0 unspecified atom stereocenters. The van der Waals surface area contributed by atoms with Crippen LogP contribution in [-0.2, 0) is 28.6 Å². The van der Waals surface area contributed by atoms with Crippen LogP contribution in [0.2, 0.25) is 0 Å². The molecule has 0 bridgehead atoms. The van der Waals surface area contributed by atoms with Crippen molar-refractivity contribution in [1.29, 1.82) is 0 Å². The standard InChI is InChI=1S/C69H116O6/c1-4-7-10-13-16-19-22-25-28-31-33-34-36-39-42-45-48-51-54-57-60-63-69(72)75-66(64-73-67(70)61-58-55-52-49-46-43-40-37-30-27-24-21-18-15-12-9-6-3)65-74-68(71)62-59-56-53-50-47-44-41-38-35-32-29-26-23-20-17-14-11-8-5-2/h17,20,25-30,35,38,40,43-44,47,49,52-53,56,66H,4-16,18-19,21-24,31-34,36-37,39,41-42,45-46,48,50-51,54-55,57-65H2,1-3H3/b20-17-,28-25-,29-26-,30-27-,38-35-,43-40-,47-44-,52-49-,56-53-/t66-/m0/s1. The summed E-state index contributed by atoms with van der Waals surface area (Å²) < 4.78 is 16.8. The molecule has 6 nitrogen and oxygen atoms in total. The molecule has 0 N–H and O–H groups in total. The Balaban J connectivity index is 4.54. The highest BCUT2D eigenvalue weighted by Gasteiger charge is 2.19. The number of esters is 3. The van der Waals surface area contributed by atoms with E-state index in [0.717, 1.165) is 64.2 Å². The van der Waals surface area contributed by atoms with Crippen molar-refractivity contribution in [2.24, 2.45) is 0 Å². The molecular weight excluding hydrogens is 925 g/mol. The number of allylic oxidation sites excluding steroid dienone is 18. The molecule has 75 heavy (non-hydrogen) atoms. The minimum absolute atomic E-state index is 0.128. The van der Waals surface area contributed by atoms with E-state index < -0.39 is 6.10 Å². The van der Waals surface area contributed by atoms with E-state index in [1.807, 2.05) is 6.08 Å². The molecule has 0 fully saturated rings. The summed E-state index contributed by atoms with van der Waals surface area (Å²) in [5, 5.41) is 0. The molecule has 0 heterocycles. The third kappa shape index (κ3) is 60.8. The van der Waals surface area contributed by atoms with Gasteiger partial charge in [-0.15, -0.1) is 0 Å². The number of ether oxygens (including phenoxy) is 3. The van der Waals surface area contributed by atoms with Crippen molar-refractivity contribution in [3.05, 3.63) is 109 Å². The minimum atomic E-state index is -0.832. The number of hydrogen-bond acceptors (Lipinski definition) is 6. The van der Waals surface area contributed by atoms with Gasteiger partial charge in [0.15, 0.2) is 6.10 Å². The van der Waals surface area contributed by atoms with Crippen LogP contribution < -0.4 is 0 Å². The summed E-state index contributed by atoms with van der Waals surface area (Å²) in [4.78, 5) is 38.2. The van der Waals surface area contributed by atoms with Crippen molar-refractivity contribution in [3.8, 4) is 0 Å². The Labute approximate surface area is 463 Å². The van der Waals surface area contributed by atoms with Crippen LogP contribution in [0.15, 0.2) is 109 Å². The van der Waals surface area contributed by atoms with Crippen LogP contribution in [0.25, 0.3) is 0 Å². The van der Waals surface area contributed by atoms with Crippen LogP contribution in [0.1, 0.15) is 290 Å². The summed E-state index contributed by atoms with van der Waals surface area (Å²) >= 11 is 0. The quantitative estimate of drug-likeness (QED) is 0.0261. The number of unbranched alkanes of at least 4 members (excludes halogenated alkanes) is 27. The lowest BCUT2D eigenvalue weighted by Crippen LogP contribution is -2.30. The third-order valence-corrected chi connectivity index (χ3v) is 13.2. The van der Waals surface area contributed by atoms with E-state index in [0.29, 0.717) is 19.3 Å². The highest BCUT2D eigenvalue weighted by Crippen LogP contribution is 2.15. The molecule has 428 valence electrons. The van der Waals surface area contributed by atoms with Crippen LogP contribution in [0.5, 0.6) is 0 Å². The third-order valence-electron chi connectivity index (χ3n) is 13.2. The lowest BCUT2D eigenvalue weighted by Gasteiger charge is -2.18. The largest absolute Gasteiger partial charge is 0.462 e. The second-order valence-corrected chi connectivity index (χ2v) is 20.6. The predicted octanol–water partition coefficient (Wildman–Crippen LogP) is 21.4. The van der Waals surface area contributed by atoms with Gasteiger partial charge in [0.05, 0.1) is 0 Å². The Bertz CT molecular complexity index is 1520. The summed E-state index contributed by atoms with van der Waals surface area (Å²) in [6.07, 6.45) is 85.3. The fourth-order valence-electron chi connectivity index (χ4n) is 8.50. The minimum Gasteiger partial charge on any atom is -0.462 e. The van der Waals surface area contributed by atoms with Crippen LogP contribution in [0, 0.1) is 0 Å². The van der Waals surface area contributed by atoms with Gasteiger partial charge in [-0.2, -0.15) is 0 Å². The lowest BCUT2D eigenvalue weighted by molar-refractivity contribution is -0.166. The van der Waals surface area contributed by atoms with Crippen molar-refractivity contribution >= 4 is 17.9 Å². The zero-order chi connectivity index (χ0) is 54.3. The van der Waals surface area contributed by atoms with Gasteiger partial charge < -0.3 is 14.2 Å². The fraction of sp³-hybridized carbons (Fsp3) is 0.696. The Morgan fingerprint density at radius 1 is 0.267 bits per heavy atom. The molecule has 0 rings (SSSR count). The molecule has 1 atom stereocenters. The Morgan fingerprint density at radius 3 is 0.907 bits per heavy atom. The van der Waals surface area contributed by atoms with Crippen LogP contribution in [-0.4, -0.2) is 37.2 Å². The molecule has 0 amide bonds. The van der Waals surface area contributed by atoms with Gasteiger partial charge in [0.1, 0.15) is 13.2 Å². The van der Waals surface area contributed by atoms with E-state index >= 15 is 0 Å². The van der Waals surface area contributed by atoms with E-state index in [1.54, 1.807) is 0 Å².